The average Bonchev–Trinajstić information content (AvgIpc) is 2.58. The van der Waals surface area contributed by atoms with Crippen molar-refractivity contribution in [2.45, 2.75) is 96.2 Å². The van der Waals surface area contributed by atoms with Crippen LogP contribution in [0.25, 0.3) is 0 Å². The Bertz CT molecular complexity index is 581. The van der Waals surface area contributed by atoms with E-state index in [2.05, 4.69) is 6.58 Å². The van der Waals surface area contributed by atoms with Gasteiger partial charge in [0.05, 0.1) is 0 Å². The van der Waals surface area contributed by atoms with Crippen LogP contribution in [0.4, 0.5) is 0 Å². The van der Waals surface area contributed by atoms with Gasteiger partial charge in [-0.3, -0.25) is 4.79 Å². The average molecular weight is 363 g/mol. The maximum absolute atomic E-state index is 12.1. The molecule has 0 aromatic rings. The van der Waals surface area contributed by atoms with Crippen molar-refractivity contribution in [3.8, 4) is 0 Å². The van der Waals surface area contributed by atoms with Crippen LogP contribution in [0.15, 0.2) is 12.7 Å². The van der Waals surface area contributed by atoms with Gasteiger partial charge in [0.15, 0.2) is 0 Å². The number of hydrogen-bond acceptors (Lipinski definition) is 4. The molecule has 146 valence electrons. The lowest BCUT2D eigenvalue weighted by Crippen LogP contribution is -2.67. The van der Waals surface area contributed by atoms with Crippen molar-refractivity contribution in [3.63, 3.8) is 0 Å². The topological polar surface area (TPSA) is 52.6 Å². The standard InChI is InChI=1S/C22H34O4/c1-5-19(24)26-20(3,4)21-12-8-9-13-22(21,25-16(2)23)15-18-11-7-6-10-17(18)14-21/h5,17-18H,1,6-15H2,2-4H3. The SMILES string of the molecule is C=CC(=O)OC(C)(C)C12CCCCC1(OC(C)=O)CC1CCCCC1C2. The van der Waals surface area contributed by atoms with Gasteiger partial charge in [0.2, 0.25) is 0 Å². The third-order valence-corrected chi connectivity index (χ3v) is 7.59. The Hall–Kier alpha value is -1.32. The Balaban J connectivity index is 2.06. The number of ether oxygens (including phenoxy) is 2. The number of carbonyl (C=O) groups excluding carboxylic acids is 2. The molecule has 0 radical (unpaired) electrons. The van der Waals surface area contributed by atoms with Crippen LogP contribution in [0, 0.1) is 17.3 Å². The zero-order chi connectivity index (χ0) is 19.0. The fourth-order valence-corrected chi connectivity index (χ4v) is 6.53. The molecule has 26 heavy (non-hydrogen) atoms. The Kier molecular flexibility index (Phi) is 5.24. The highest BCUT2D eigenvalue weighted by Gasteiger charge is 2.67. The summed E-state index contributed by atoms with van der Waals surface area (Å²) in [4.78, 5) is 24.2. The van der Waals surface area contributed by atoms with E-state index >= 15 is 0 Å². The van der Waals surface area contributed by atoms with E-state index in [1.807, 2.05) is 13.8 Å². The number of fused-ring (bicyclic) bond motifs is 2. The summed E-state index contributed by atoms with van der Waals surface area (Å²) in [6.45, 7) is 9.11. The Labute approximate surface area is 157 Å². The largest absolute Gasteiger partial charge is 0.458 e. The zero-order valence-corrected chi connectivity index (χ0v) is 16.6. The molecule has 3 aliphatic rings. The van der Waals surface area contributed by atoms with Crippen LogP contribution in [0.2, 0.25) is 0 Å². The molecule has 0 bridgehead atoms. The molecule has 4 nitrogen and oxygen atoms in total. The lowest BCUT2D eigenvalue weighted by molar-refractivity contribution is -0.261. The highest BCUT2D eigenvalue weighted by molar-refractivity contribution is 5.81. The van der Waals surface area contributed by atoms with Gasteiger partial charge in [-0.1, -0.05) is 38.7 Å². The van der Waals surface area contributed by atoms with Gasteiger partial charge in [0, 0.05) is 18.4 Å². The lowest BCUT2D eigenvalue weighted by atomic mass is 9.45. The summed E-state index contributed by atoms with van der Waals surface area (Å²) in [6, 6.07) is 0. The smallest absolute Gasteiger partial charge is 0.330 e. The minimum atomic E-state index is -0.698. The highest BCUT2D eigenvalue weighted by atomic mass is 16.6. The van der Waals surface area contributed by atoms with E-state index in [0.717, 1.165) is 38.5 Å². The molecule has 3 fully saturated rings. The highest BCUT2D eigenvalue weighted by Crippen LogP contribution is 2.65. The second kappa shape index (κ2) is 7.01. The van der Waals surface area contributed by atoms with E-state index < -0.39 is 17.2 Å². The van der Waals surface area contributed by atoms with Crippen molar-refractivity contribution < 1.29 is 19.1 Å². The molecule has 0 saturated heterocycles. The molecule has 4 heteroatoms. The summed E-state index contributed by atoms with van der Waals surface area (Å²) in [5.41, 5.74) is -1.53. The summed E-state index contributed by atoms with van der Waals surface area (Å²) in [7, 11) is 0. The molecule has 0 aromatic carbocycles. The van der Waals surface area contributed by atoms with E-state index in [1.165, 1.54) is 38.7 Å². The van der Waals surface area contributed by atoms with E-state index in [1.54, 1.807) is 0 Å². The predicted molar refractivity (Wildman–Crippen MR) is 100 cm³/mol. The normalized spacial score (nSPS) is 37.0. The second-order valence-electron chi connectivity index (χ2n) is 9.23. The van der Waals surface area contributed by atoms with Crippen LogP contribution in [0.5, 0.6) is 0 Å². The van der Waals surface area contributed by atoms with Gasteiger partial charge in [-0.05, 0) is 57.8 Å². The van der Waals surface area contributed by atoms with E-state index in [9.17, 15) is 9.59 Å². The lowest BCUT2D eigenvalue weighted by Gasteiger charge is -2.64. The molecule has 3 saturated carbocycles. The summed E-state index contributed by atoms with van der Waals surface area (Å²) in [6.07, 6.45) is 12.2. The molecule has 3 rings (SSSR count). The molecule has 0 aliphatic heterocycles. The van der Waals surface area contributed by atoms with Crippen molar-refractivity contribution in [2.24, 2.45) is 17.3 Å². The Morgan fingerprint density at radius 3 is 2.27 bits per heavy atom. The van der Waals surface area contributed by atoms with Gasteiger partial charge >= 0.3 is 11.9 Å². The van der Waals surface area contributed by atoms with Crippen molar-refractivity contribution in [2.75, 3.05) is 0 Å². The van der Waals surface area contributed by atoms with Gasteiger partial charge in [-0.25, -0.2) is 4.79 Å². The molecule has 0 amide bonds. The van der Waals surface area contributed by atoms with Crippen LogP contribution in [0.1, 0.15) is 85.0 Å². The van der Waals surface area contributed by atoms with Gasteiger partial charge in [0.25, 0.3) is 0 Å². The maximum atomic E-state index is 12.1. The van der Waals surface area contributed by atoms with Crippen molar-refractivity contribution in [1.29, 1.82) is 0 Å². The molecular formula is C22H34O4. The van der Waals surface area contributed by atoms with Crippen LogP contribution in [-0.4, -0.2) is 23.1 Å². The first kappa shape index (κ1) is 19.4. The summed E-state index contributed by atoms with van der Waals surface area (Å²) in [5.74, 6) is 0.668. The molecule has 0 aromatic heterocycles. The fourth-order valence-electron chi connectivity index (χ4n) is 6.53. The Morgan fingerprint density at radius 1 is 1.04 bits per heavy atom. The van der Waals surface area contributed by atoms with Crippen molar-refractivity contribution in [3.05, 3.63) is 12.7 Å². The van der Waals surface area contributed by atoms with Crippen molar-refractivity contribution in [1.82, 2.24) is 0 Å². The second-order valence-corrected chi connectivity index (χ2v) is 9.23. The predicted octanol–water partition coefficient (Wildman–Crippen LogP) is 4.96. The first-order valence-electron chi connectivity index (χ1n) is 10.3. The van der Waals surface area contributed by atoms with Crippen LogP contribution in [0.3, 0.4) is 0 Å². The van der Waals surface area contributed by atoms with Crippen LogP contribution < -0.4 is 0 Å². The minimum Gasteiger partial charge on any atom is -0.458 e. The minimum absolute atomic E-state index is 0.212. The van der Waals surface area contributed by atoms with Crippen LogP contribution in [-0.2, 0) is 19.1 Å². The molecule has 0 N–H and O–H groups in total. The van der Waals surface area contributed by atoms with E-state index in [4.69, 9.17) is 9.47 Å². The summed E-state index contributed by atoms with van der Waals surface area (Å²) < 4.78 is 12.1. The van der Waals surface area contributed by atoms with E-state index in [0.29, 0.717) is 11.8 Å². The molecule has 4 unspecified atom stereocenters. The number of rotatable bonds is 4. The molecular weight excluding hydrogens is 328 g/mol. The van der Waals surface area contributed by atoms with Crippen molar-refractivity contribution >= 4 is 11.9 Å². The van der Waals surface area contributed by atoms with Gasteiger partial charge in [-0.2, -0.15) is 0 Å². The summed E-state index contributed by atoms with van der Waals surface area (Å²) in [5, 5.41) is 0. The number of carbonyl (C=O) groups is 2. The fraction of sp³-hybridized carbons (Fsp3) is 0.818. The van der Waals surface area contributed by atoms with Crippen LogP contribution >= 0.6 is 0 Å². The van der Waals surface area contributed by atoms with E-state index in [-0.39, 0.29) is 11.4 Å². The Morgan fingerprint density at radius 2 is 1.65 bits per heavy atom. The molecule has 4 atom stereocenters. The first-order chi connectivity index (χ1) is 12.3. The van der Waals surface area contributed by atoms with Gasteiger partial charge < -0.3 is 9.47 Å². The van der Waals surface area contributed by atoms with Gasteiger partial charge in [-0.15, -0.1) is 0 Å². The maximum Gasteiger partial charge on any atom is 0.330 e. The molecule has 0 heterocycles. The number of esters is 2. The quantitative estimate of drug-likeness (QED) is 0.524. The summed E-state index contributed by atoms with van der Waals surface area (Å²) >= 11 is 0. The first-order valence-corrected chi connectivity index (χ1v) is 10.3. The number of hydrogen-bond donors (Lipinski definition) is 0. The third kappa shape index (κ3) is 3.10. The third-order valence-electron chi connectivity index (χ3n) is 7.59. The zero-order valence-electron chi connectivity index (χ0n) is 16.6. The molecule has 3 aliphatic carbocycles. The van der Waals surface area contributed by atoms with Gasteiger partial charge in [0.1, 0.15) is 11.2 Å². The monoisotopic (exact) mass is 362 g/mol. The molecule has 0 spiro atoms.